The average molecular weight is 435 g/mol. The molecule has 0 spiro atoms. The van der Waals surface area contributed by atoms with Gasteiger partial charge in [0, 0.05) is 17.5 Å². The number of benzene rings is 1. The molecule has 1 atom stereocenters. The molecule has 1 aromatic carbocycles. The number of nitriles is 1. The largest absolute Gasteiger partial charge is 0.347 e. The van der Waals surface area contributed by atoms with Crippen LogP contribution >= 0.6 is 11.3 Å². The van der Waals surface area contributed by atoms with Gasteiger partial charge in [0.15, 0.2) is 0 Å². The van der Waals surface area contributed by atoms with E-state index in [4.69, 9.17) is 5.26 Å². The van der Waals surface area contributed by atoms with Gasteiger partial charge >= 0.3 is 0 Å². The molecule has 156 valence electrons. The number of aromatic nitrogens is 2. The Labute approximate surface area is 182 Å². The highest BCUT2D eigenvalue weighted by Crippen LogP contribution is 2.37. The van der Waals surface area contributed by atoms with Gasteiger partial charge in [0.05, 0.1) is 6.04 Å². The van der Waals surface area contributed by atoms with Gasteiger partial charge in [0.2, 0.25) is 0 Å². The fourth-order valence-corrected chi connectivity index (χ4v) is 4.58. The molecule has 0 fully saturated rings. The summed E-state index contributed by atoms with van der Waals surface area (Å²) >= 11 is 1.39. The third-order valence-corrected chi connectivity index (χ3v) is 6.28. The number of carbonyl (C=O) groups is 2. The van der Waals surface area contributed by atoms with Gasteiger partial charge in [-0.3, -0.25) is 9.59 Å². The number of hydrogen-bond donors (Lipinski definition) is 2. The fourth-order valence-electron chi connectivity index (χ4n) is 3.48. The number of halogens is 1. The first kappa shape index (κ1) is 20.6. The van der Waals surface area contributed by atoms with Gasteiger partial charge in [-0.2, -0.15) is 5.26 Å². The lowest BCUT2D eigenvalue weighted by atomic mass is 10.1. The third kappa shape index (κ3) is 4.44. The maximum absolute atomic E-state index is 13.4. The first-order valence-corrected chi connectivity index (χ1v) is 10.4. The summed E-state index contributed by atoms with van der Waals surface area (Å²) in [6.45, 7) is 1.86. The Morgan fingerprint density at radius 2 is 2.00 bits per heavy atom. The number of aryl methyl sites for hydroxylation is 2. The Balaban J connectivity index is 1.41. The quantitative estimate of drug-likeness (QED) is 0.640. The second-order valence-electron chi connectivity index (χ2n) is 7.23. The molecule has 31 heavy (non-hydrogen) atoms. The lowest BCUT2D eigenvalue weighted by Crippen LogP contribution is -2.29. The molecular formula is C22H18FN5O2S. The first-order valence-electron chi connectivity index (χ1n) is 9.63. The lowest BCUT2D eigenvalue weighted by molar-refractivity contribution is 0.0932. The Morgan fingerprint density at radius 3 is 2.74 bits per heavy atom. The molecule has 0 radical (unpaired) electrons. The molecule has 9 heteroatoms. The van der Waals surface area contributed by atoms with Gasteiger partial charge in [-0.25, -0.2) is 14.4 Å². The van der Waals surface area contributed by atoms with Crippen LogP contribution in [0, 0.1) is 24.1 Å². The van der Waals surface area contributed by atoms with Gasteiger partial charge in [-0.1, -0.05) is 12.1 Å². The van der Waals surface area contributed by atoms with E-state index in [2.05, 4.69) is 26.7 Å². The highest BCUT2D eigenvalue weighted by molar-refractivity contribution is 7.12. The number of rotatable bonds is 5. The molecule has 0 saturated heterocycles. The normalized spacial score (nSPS) is 14.5. The van der Waals surface area contributed by atoms with Crippen LogP contribution in [0.4, 0.5) is 4.39 Å². The molecule has 2 amide bonds. The second-order valence-corrected chi connectivity index (χ2v) is 8.32. The van der Waals surface area contributed by atoms with Crippen molar-refractivity contribution >= 4 is 23.2 Å². The monoisotopic (exact) mass is 435 g/mol. The molecule has 1 aliphatic rings. The topological polar surface area (TPSA) is 108 Å². The third-order valence-electron chi connectivity index (χ3n) is 5.08. The maximum atomic E-state index is 13.4. The second kappa shape index (κ2) is 8.62. The number of nitrogens with one attached hydrogen (secondary N) is 2. The molecule has 0 bridgehead atoms. The van der Waals surface area contributed by atoms with Gasteiger partial charge < -0.3 is 10.6 Å². The van der Waals surface area contributed by atoms with E-state index < -0.39 is 11.8 Å². The van der Waals surface area contributed by atoms with Crippen molar-refractivity contribution in [1.82, 2.24) is 20.6 Å². The lowest BCUT2D eigenvalue weighted by Gasteiger charge is -2.12. The van der Waals surface area contributed by atoms with E-state index in [0.717, 1.165) is 28.8 Å². The highest BCUT2D eigenvalue weighted by Gasteiger charge is 2.27. The standard InChI is InChI=1S/C22H18FN5O2S/c1-12-6-13(2-4-16(12)23)10-25-21(29)18-8-19(27-11-26-18)22(30)28-17-5-3-14-7-15(9-24)31-20(14)17/h2,4,6-8,11,17H,3,5,10H2,1H3,(H,25,29)(H,28,30). The van der Waals surface area contributed by atoms with Gasteiger partial charge in [0.25, 0.3) is 11.8 Å². The average Bonchev–Trinajstić information content (AvgIpc) is 3.35. The molecule has 3 aromatic rings. The van der Waals surface area contributed by atoms with Crippen LogP contribution in [0.25, 0.3) is 0 Å². The zero-order valence-corrected chi connectivity index (χ0v) is 17.4. The van der Waals surface area contributed by atoms with E-state index in [0.29, 0.717) is 10.4 Å². The number of nitrogens with zero attached hydrogens (tertiary/aromatic N) is 3. The van der Waals surface area contributed by atoms with Crippen molar-refractivity contribution in [1.29, 1.82) is 5.26 Å². The Morgan fingerprint density at radius 1 is 1.23 bits per heavy atom. The minimum absolute atomic E-state index is 0.0639. The number of carbonyl (C=O) groups excluding carboxylic acids is 2. The van der Waals surface area contributed by atoms with Crippen molar-refractivity contribution < 1.29 is 14.0 Å². The van der Waals surface area contributed by atoms with Crippen LogP contribution in [0.1, 0.15) is 59.9 Å². The molecule has 1 aliphatic carbocycles. The van der Waals surface area contributed by atoms with E-state index in [-0.39, 0.29) is 29.8 Å². The summed E-state index contributed by atoms with van der Waals surface area (Å²) in [6, 6.07) is 9.77. The van der Waals surface area contributed by atoms with Crippen LogP contribution in [0.5, 0.6) is 0 Å². The molecule has 2 aromatic heterocycles. The summed E-state index contributed by atoms with van der Waals surface area (Å²) < 4.78 is 13.4. The van der Waals surface area contributed by atoms with E-state index in [1.165, 1.54) is 29.8 Å². The van der Waals surface area contributed by atoms with E-state index in [1.54, 1.807) is 19.1 Å². The van der Waals surface area contributed by atoms with Crippen molar-refractivity contribution in [2.24, 2.45) is 0 Å². The SMILES string of the molecule is Cc1cc(CNC(=O)c2cc(C(=O)NC3CCc4cc(C#N)sc43)ncn2)ccc1F. The molecule has 2 N–H and O–H groups in total. The molecule has 2 heterocycles. The van der Waals surface area contributed by atoms with E-state index in [9.17, 15) is 14.0 Å². The molecule has 0 saturated carbocycles. The van der Waals surface area contributed by atoms with Crippen LogP contribution in [0.2, 0.25) is 0 Å². The van der Waals surface area contributed by atoms with Crippen LogP contribution < -0.4 is 10.6 Å². The van der Waals surface area contributed by atoms with Crippen LogP contribution in [-0.2, 0) is 13.0 Å². The van der Waals surface area contributed by atoms with Crippen molar-refractivity contribution in [3.8, 4) is 6.07 Å². The molecule has 7 nitrogen and oxygen atoms in total. The van der Waals surface area contributed by atoms with Gasteiger partial charge in [-0.05, 0) is 48.6 Å². The predicted molar refractivity (Wildman–Crippen MR) is 112 cm³/mol. The predicted octanol–water partition coefficient (Wildman–Crippen LogP) is 3.20. The number of thiophene rings is 1. The Hall–Kier alpha value is -3.64. The maximum Gasteiger partial charge on any atom is 0.270 e. The summed E-state index contributed by atoms with van der Waals surface area (Å²) in [5.41, 5.74) is 2.49. The van der Waals surface area contributed by atoms with Crippen LogP contribution in [-0.4, -0.2) is 21.8 Å². The van der Waals surface area contributed by atoms with Crippen LogP contribution in [0.15, 0.2) is 36.7 Å². The molecular weight excluding hydrogens is 417 g/mol. The Bertz CT molecular complexity index is 1220. The zero-order chi connectivity index (χ0) is 22.0. The van der Waals surface area contributed by atoms with E-state index >= 15 is 0 Å². The summed E-state index contributed by atoms with van der Waals surface area (Å²) in [5, 5.41) is 14.7. The van der Waals surface area contributed by atoms with Crippen molar-refractivity contribution in [2.75, 3.05) is 0 Å². The first-order chi connectivity index (χ1) is 14.9. The molecule has 0 aliphatic heterocycles. The fraction of sp³-hybridized carbons (Fsp3) is 0.227. The minimum atomic E-state index is -0.460. The van der Waals surface area contributed by atoms with Gasteiger partial charge in [0.1, 0.15) is 34.5 Å². The smallest absolute Gasteiger partial charge is 0.270 e. The van der Waals surface area contributed by atoms with Crippen molar-refractivity contribution in [3.63, 3.8) is 0 Å². The van der Waals surface area contributed by atoms with Crippen molar-refractivity contribution in [2.45, 2.75) is 32.4 Å². The summed E-state index contributed by atoms with van der Waals surface area (Å²) in [7, 11) is 0. The summed E-state index contributed by atoms with van der Waals surface area (Å²) in [6.07, 6.45) is 2.73. The number of amides is 2. The number of fused-ring (bicyclic) bond motifs is 1. The number of hydrogen-bond acceptors (Lipinski definition) is 6. The molecule has 1 unspecified atom stereocenters. The van der Waals surface area contributed by atoms with Crippen LogP contribution in [0.3, 0.4) is 0 Å². The molecule has 4 rings (SSSR count). The minimum Gasteiger partial charge on any atom is -0.347 e. The Kier molecular flexibility index (Phi) is 5.73. The highest BCUT2D eigenvalue weighted by atomic mass is 32.1. The van der Waals surface area contributed by atoms with Crippen molar-refractivity contribution in [3.05, 3.63) is 80.3 Å². The summed E-state index contributed by atoms with van der Waals surface area (Å²) in [4.78, 5) is 34.7. The summed E-state index contributed by atoms with van der Waals surface area (Å²) in [5.74, 6) is -1.17. The van der Waals surface area contributed by atoms with Gasteiger partial charge in [-0.15, -0.1) is 11.3 Å². The van der Waals surface area contributed by atoms with E-state index in [1.807, 2.05) is 6.07 Å². The zero-order valence-electron chi connectivity index (χ0n) is 16.6.